The Morgan fingerprint density at radius 1 is 1.33 bits per heavy atom. The van der Waals surface area contributed by atoms with Gasteiger partial charge < -0.3 is 10.2 Å². The molecule has 18 heavy (non-hydrogen) atoms. The number of anilines is 1. The van der Waals surface area contributed by atoms with Gasteiger partial charge in [0.2, 0.25) is 10.1 Å². The predicted molar refractivity (Wildman–Crippen MR) is 63.8 cm³/mol. The van der Waals surface area contributed by atoms with E-state index >= 15 is 0 Å². The Bertz CT molecular complexity index is 387. The number of hydrogen-bond acceptors (Lipinski definition) is 5. The van der Waals surface area contributed by atoms with Crippen LogP contribution >= 0.6 is 11.3 Å². The van der Waals surface area contributed by atoms with Crippen LogP contribution in [0.5, 0.6) is 0 Å². The molecule has 0 amide bonds. The van der Waals surface area contributed by atoms with Crippen molar-refractivity contribution >= 4 is 16.5 Å². The third-order valence-corrected chi connectivity index (χ3v) is 4.06. The highest BCUT2D eigenvalue weighted by Gasteiger charge is 2.36. The summed E-state index contributed by atoms with van der Waals surface area (Å²) in [5.74, 6) is 0.509. The predicted octanol–water partition coefficient (Wildman–Crippen LogP) is 1.99. The number of nitrogens with zero attached hydrogens (tertiary/aromatic N) is 3. The lowest BCUT2D eigenvalue weighted by molar-refractivity contribution is -0.138. The third kappa shape index (κ3) is 3.32. The molecule has 1 aliphatic rings. The zero-order valence-electron chi connectivity index (χ0n) is 10.00. The molecule has 2 rings (SSSR count). The Kier molecular flexibility index (Phi) is 4.06. The topological polar surface area (TPSA) is 41.0 Å². The molecule has 0 atom stereocenters. The molecule has 0 aromatic carbocycles. The lowest BCUT2D eigenvalue weighted by atomic mass is 9.98. The Balaban J connectivity index is 1.96. The van der Waals surface area contributed by atoms with E-state index in [1.54, 1.807) is 11.9 Å². The van der Waals surface area contributed by atoms with Crippen molar-refractivity contribution in [2.45, 2.75) is 19.0 Å². The maximum atomic E-state index is 12.4. The number of rotatable bonds is 3. The van der Waals surface area contributed by atoms with Crippen molar-refractivity contribution in [3.8, 4) is 0 Å². The van der Waals surface area contributed by atoms with Gasteiger partial charge in [0.15, 0.2) is 0 Å². The minimum absolute atomic E-state index is 0.334. The average molecular weight is 280 g/mol. The van der Waals surface area contributed by atoms with Crippen molar-refractivity contribution in [1.82, 2.24) is 15.5 Å². The Hall–Kier alpha value is -0.890. The second-order valence-corrected chi connectivity index (χ2v) is 5.42. The van der Waals surface area contributed by atoms with Crippen molar-refractivity contribution in [2.75, 3.05) is 31.6 Å². The maximum Gasteiger partial charge on any atom is 0.445 e. The van der Waals surface area contributed by atoms with Crippen LogP contribution in [-0.4, -0.2) is 36.9 Å². The van der Waals surface area contributed by atoms with E-state index < -0.39 is 11.2 Å². The minimum Gasteiger partial charge on any atom is -0.349 e. The Morgan fingerprint density at radius 2 is 2.00 bits per heavy atom. The number of nitrogens with one attached hydrogen (secondary N) is 1. The van der Waals surface area contributed by atoms with Gasteiger partial charge in [-0.1, -0.05) is 11.3 Å². The van der Waals surface area contributed by atoms with E-state index in [1.165, 1.54) is 0 Å². The van der Waals surface area contributed by atoms with Gasteiger partial charge in [-0.05, 0) is 31.8 Å². The molecule has 8 heteroatoms. The fourth-order valence-corrected chi connectivity index (χ4v) is 2.70. The first-order valence-corrected chi connectivity index (χ1v) is 6.61. The maximum absolute atomic E-state index is 12.4. The van der Waals surface area contributed by atoms with Crippen LogP contribution in [0.3, 0.4) is 0 Å². The summed E-state index contributed by atoms with van der Waals surface area (Å²) in [5.41, 5.74) is 0. The van der Waals surface area contributed by atoms with E-state index in [0.29, 0.717) is 22.4 Å². The van der Waals surface area contributed by atoms with E-state index in [2.05, 4.69) is 15.5 Å². The molecule has 0 bridgehead atoms. The normalized spacial score (nSPS) is 18.0. The molecule has 1 aromatic heterocycles. The lowest BCUT2D eigenvalue weighted by Crippen LogP contribution is -2.34. The Labute approximate surface area is 107 Å². The van der Waals surface area contributed by atoms with E-state index in [1.807, 2.05) is 0 Å². The van der Waals surface area contributed by atoms with Gasteiger partial charge in [-0.15, -0.1) is 10.2 Å². The molecule has 0 spiro atoms. The number of hydrogen-bond donors (Lipinski definition) is 1. The third-order valence-electron chi connectivity index (χ3n) is 2.97. The van der Waals surface area contributed by atoms with Crippen LogP contribution in [-0.2, 0) is 6.18 Å². The molecular formula is C10H15F3N4S. The van der Waals surface area contributed by atoms with Crippen LogP contribution < -0.4 is 10.2 Å². The molecule has 1 fully saturated rings. The van der Waals surface area contributed by atoms with Gasteiger partial charge in [-0.25, -0.2) is 0 Å². The van der Waals surface area contributed by atoms with Crippen molar-refractivity contribution < 1.29 is 13.2 Å². The van der Waals surface area contributed by atoms with Gasteiger partial charge >= 0.3 is 6.18 Å². The zero-order chi connectivity index (χ0) is 13.2. The first kappa shape index (κ1) is 13.5. The second kappa shape index (κ2) is 5.40. The summed E-state index contributed by atoms with van der Waals surface area (Å²) >= 11 is 0.600. The molecule has 1 aromatic rings. The number of aromatic nitrogens is 2. The summed E-state index contributed by atoms with van der Waals surface area (Å²) in [6, 6.07) is 0. The minimum atomic E-state index is -4.40. The van der Waals surface area contributed by atoms with Gasteiger partial charge in [0.25, 0.3) is 0 Å². The zero-order valence-corrected chi connectivity index (χ0v) is 10.8. The summed E-state index contributed by atoms with van der Waals surface area (Å²) in [5, 5.41) is 9.51. The highest BCUT2D eigenvalue weighted by atomic mass is 32.1. The van der Waals surface area contributed by atoms with Crippen LogP contribution in [0.1, 0.15) is 17.8 Å². The summed E-state index contributed by atoms with van der Waals surface area (Å²) in [6.45, 7) is 2.68. The Morgan fingerprint density at radius 3 is 2.56 bits per heavy atom. The largest absolute Gasteiger partial charge is 0.445 e. The van der Waals surface area contributed by atoms with Crippen LogP contribution in [0.4, 0.5) is 18.3 Å². The molecule has 4 nitrogen and oxygen atoms in total. The van der Waals surface area contributed by atoms with Gasteiger partial charge in [0, 0.05) is 13.6 Å². The van der Waals surface area contributed by atoms with E-state index in [-0.39, 0.29) is 0 Å². The smallest absolute Gasteiger partial charge is 0.349 e. The summed E-state index contributed by atoms with van der Waals surface area (Å²) in [7, 11) is 1.77. The molecule has 0 aliphatic carbocycles. The molecule has 2 heterocycles. The average Bonchev–Trinajstić information content (AvgIpc) is 2.79. The molecule has 0 saturated carbocycles. The molecule has 1 saturated heterocycles. The number of halogens is 3. The van der Waals surface area contributed by atoms with Crippen LogP contribution in [0.15, 0.2) is 0 Å². The molecule has 102 valence electrons. The SMILES string of the molecule is CN(CC1CCNCC1)c1nnc(C(F)(F)F)s1. The van der Waals surface area contributed by atoms with Gasteiger partial charge in [-0.2, -0.15) is 13.2 Å². The molecule has 1 N–H and O–H groups in total. The van der Waals surface area contributed by atoms with E-state index in [9.17, 15) is 13.2 Å². The number of alkyl halides is 3. The van der Waals surface area contributed by atoms with Crippen molar-refractivity contribution in [3.63, 3.8) is 0 Å². The molecular weight excluding hydrogens is 265 g/mol. The first-order valence-electron chi connectivity index (χ1n) is 5.79. The quantitative estimate of drug-likeness (QED) is 0.919. The fraction of sp³-hybridized carbons (Fsp3) is 0.800. The van der Waals surface area contributed by atoms with Crippen molar-refractivity contribution in [3.05, 3.63) is 5.01 Å². The summed E-state index contributed by atoms with van der Waals surface area (Å²) < 4.78 is 37.2. The molecule has 1 aliphatic heterocycles. The standard InChI is InChI=1S/C10H15F3N4S/c1-17(6-7-2-4-14-5-3-7)9-16-15-8(18-9)10(11,12)13/h7,14H,2-6H2,1H3. The van der Waals surface area contributed by atoms with Crippen molar-refractivity contribution in [1.29, 1.82) is 0 Å². The summed E-state index contributed by atoms with van der Waals surface area (Å²) in [4.78, 5) is 1.77. The van der Waals surface area contributed by atoms with E-state index in [4.69, 9.17) is 0 Å². The fourth-order valence-electron chi connectivity index (χ4n) is 2.01. The van der Waals surface area contributed by atoms with Gasteiger partial charge in [-0.3, -0.25) is 0 Å². The second-order valence-electron chi connectivity index (χ2n) is 4.46. The molecule has 0 unspecified atom stereocenters. The van der Waals surface area contributed by atoms with Crippen LogP contribution in [0, 0.1) is 5.92 Å². The summed E-state index contributed by atoms with van der Waals surface area (Å²) in [6.07, 6.45) is -2.30. The number of piperidine rings is 1. The first-order chi connectivity index (χ1) is 8.47. The monoisotopic (exact) mass is 280 g/mol. The highest BCUT2D eigenvalue weighted by molar-refractivity contribution is 7.15. The van der Waals surface area contributed by atoms with Gasteiger partial charge in [0.1, 0.15) is 0 Å². The van der Waals surface area contributed by atoms with Crippen LogP contribution in [0.25, 0.3) is 0 Å². The van der Waals surface area contributed by atoms with Crippen LogP contribution in [0.2, 0.25) is 0 Å². The highest BCUT2D eigenvalue weighted by Crippen LogP contribution is 2.34. The molecule has 0 radical (unpaired) electrons. The van der Waals surface area contributed by atoms with E-state index in [0.717, 1.165) is 32.5 Å². The lowest BCUT2D eigenvalue weighted by Gasteiger charge is -2.26. The van der Waals surface area contributed by atoms with Gasteiger partial charge in [0.05, 0.1) is 0 Å². The van der Waals surface area contributed by atoms with Crippen molar-refractivity contribution in [2.24, 2.45) is 5.92 Å².